The van der Waals surface area contributed by atoms with Gasteiger partial charge in [0.05, 0.1) is 35.4 Å². The minimum atomic E-state index is -0.976. The average Bonchev–Trinajstić information content (AvgIpc) is 2.45. The quantitative estimate of drug-likeness (QED) is 0.446. The highest BCUT2D eigenvalue weighted by atomic mass is 19.1. The molecule has 1 amide bonds. The molecule has 0 bridgehead atoms. The maximum atomic E-state index is 14.3. The van der Waals surface area contributed by atoms with Gasteiger partial charge in [0.1, 0.15) is 0 Å². The molecule has 0 aromatic heterocycles. The van der Waals surface area contributed by atoms with Crippen molar-refractivity contribution < 1.29 is 23.6 Å². The number of hydrogen-bond acceptors (Lipinski definition) is 6. The van der Waals surface area contributed by atoms with E-state index in [4.69, 9.17) is 4.74 Å². The first kappa shape index (κ1) is 18.3. The minimum Gasteiger partial charge on any atom is -0.462 e. The summed E-state index contributed by atoms with van der Waals surface area (Å²) in [7, 11) is 4.48. The molecule has 0 fully saturated rings. The fourth-order valence-electron chi connectivity index (χ4n) is 1.87. The Bertz CT molecular complexity index is 633. The zero-order valence-electron chi connectivity index (χ0n) is 13.3. The zero-order valence-corrected chi connectivity index (χ0v) is 13.3. The van der Waals surface area contributed by atoms with Crippen molar-refractivity contribution >= 4 is 23.3 Å². The monoisotopic (exact) mass is 327 g/mol. The summed E-state index contributed by atoms with van der Waals surface area (Å²) in [6.45, 7) is 1.39. The first-order chi connectivity index (χ1) is 10.7. The van der Waals surface area contributed by atoms with Gasteiger partial charge in [0.15, 0.2) is 5.82 Å². The molecule has 0 aliphatic carbocycles. The number of amides is 1. The fraction of sp³-hybridized carbons (Fsp3) is 0.429. The Hall–Kier alpha value is -2.71. The molecule has 1 aromatic carbocycles. The third-order valence-electron chi connectivity index (χ3n) is 3.01. The molecule has 0 heterocycles. The highest BCUT2D eigenvalue weighted by Crippen LogP contribution is 2.29. The van der Waals surface area contributed by atoms with Gasteiger partial charge in [-0.2, -0.15) is 0 Å². The summed E-state index contributed by atoms with van der Waals surface area (Å²) in [5.74, 6) is -2.19. The van der Waals surface area contributed by atoms with Gasteiger partial charge in [0, 0.05) is 27.2 Å². The van der Waals surface area contributed by atoms with Crippen molar-refractivity contribution in [2.75, 3.05) is 39.2 Å². The standard InChI is InChI=1S/C14H18FN3O5/c1-5-23-14(20)10-6-9(18(21)22)7-11(15)13(10)17(4)8-12(19)16(2)3/h6-7H,5,8H2,1-4H3. The second kappa shape index (κ2) is 7.52. The molecule has 0 aliphatic rings. The zero-order chi connectivity index (χ0) is 17.7. The molecule has 0 radical (unpaired) electrons. The van der Waals surface area contributed by atoms with Gasteiger partial charge in [-0.15, -0.1) is 0 Å². The van der Waals surface area contributed by atoms with Crippen LogP contribution in [-0.4, -0.2) is 56.0 Å². The number of ether oxygens (including phenoxy) is 1. The Morgan fingerprint density at radius 3 is 2.39 bits per heavy atom. The van der Waals surface area contributed by atoms with E-state index < -0.39 is 22.4 Å². The van der Waals surface area contributed by atoms with Gasteiger partial charge in [-0.3, -0.25) is 14.9 Å². The first-order valence-electron chi connectivity index (χ1n) is 6.75. The van der Waals surface area contributed by atoms with Gasteiger partial charge in [-0.05, 0) is 6.92 Å². The number of carbonyl (C=O) groups is 2. The molecule has 126 valence electrons. The van der Waals surface area contributed by atoms with Crippen LogP contribution in [0.25, 0.3) is 0 Å². The van der Waals surface area contributed by atoms with Crippen LogP contribution < -0.4 is 4.90 Å². The number of rotatable bonds is 6. The Kier molecular flexibility index (Phi) is 6.00. The predicted molar refractivity (Wildman–Crippen MR) is 81.0 cm³/mol. The van der Waals surface area contributed by atoms with Gasteiger partial charge in [0.25, 0.3) is 5.69 Å². The molecule has 9 heteroatoms. The lowest BCUT2D eigenvalue weighted by molar-refractivity contribution is -0.385. The number of nitrogens with zero attached hydrogens (tertiary/aromatic N) is 3. The van der Waals surface area contributed by atoms with Crippen molar-refractivity contribution in [3.8, 4) is 0 Å². The van der Waals surface area contributed by atoms with Gasteiger partial charge in [0.2, 0.25) is 5.91 Å². The molecule has 0 aliphatic heterocycles. The van der Waals surface area contributed by atoms with E-state index in [1.165, 1.54) is 30.9 Å². The molecule has 1 rings (SSSR count). The van der Waals surface area contributed by atoms with Crippen molar-refractivity contribution in [1.29, 1.82) is 0 Å². The molecule has 8 nitrogen and oxygen atoms in total. The van der Waals surface area contributed by atoms with E-state index in [2.05, 4.69) is 0 Å². The average molecular weight is 327 g/mol. The van der Waals surface area contributed by atoms with Gasteiger partial charge in [-0.1, -0.05) is 0 Å². The third kappa shape index (κ3) is 4.38. The number of carbonyl (C=O) groups excluding carboxylic acids is 2. The van der Waals surface area contributed by atoms with E-state index in [9.17, 15) is 24.1 Å². The van der Waals surface area contributed by atoms with Crippen LogP contribution in [0.4, 0.5) is 15.8 Å². The van der Waals surface area contributed by atoms with E-state index in [-0.39, 0.29) is 30.3 Å². The predicted octanol–water partition coefficient (Wildman–Crippen LogP) is 1.43. The van der Waals surface area contributed by atoms with Crippen molar-refractivity contribution in [2.24, 2.45) is 0 Å². The number of esters is 1. The SMILES string of the molecule is CCOC(=O)c1cc([N+](=O)[O-])cc(F)c1N(C)CC(=O)N(C)C. The summed E-state index contributed by atoms with van der Waals surface area (Å²) >= 11 is 0. The normalized spacial score (nSPS) is 10.1. The number of nitro groups is 1. The number of halogens is 1. The van der Waals surface area contributed by atoms with Crippen LogP contribution in [0.15, 0.2) is 12.1 Å². The molecule has 1 aromatic rings. The number of likely N-dealkylation sites (N-methyl/N-ethyl adjacent to an activating group) is 2. The topological polar surface area (TPSA) is 93.0 Å². The Morgan fingerprint density at radius 1 is 1.30 bits per heavy atom. The lowest BCUT2D eigenvalue weighted by Crippen LogP contribution is -2.35. The van der Waals surface area contributed by atoms with Crippen LogP contribution in [0.5, 0.6) is 0 Å². The van der Waals surface area contributed by atoms with Gasteiger partial charge >= 0.3 is 5.97 Å². The summed E-state index contributed by atoms with van der Waals surface area (Å²) in [6, 6.07) is 1.64. The number of hydrogen-bond donors (Lipinski definition) is 0. The van der Waals surface area contributed by atoms with Crippen LogP contribution in [0.1, 0.15) is 17.3 Å². The summed E-state index contributed by atoms with van der Waals surface area (Å²) in [5.41, 5.74) is -1.08. The molecular weight excluding hydrogens is 309 g/mol. The smallest absolute Gasteiger partial charge is 0.340 e. The van der Waals surface area contributed by atoms with Gasteiger partial charge in [-0.25, -0.2) is 9.18 Å². The van der Waals surface area contributed by atoms with Crippen LogP contribution in [-0.2, 0) is 9.53 Å². The fourth-order valence-corrected chi connectivity index (χ4v) is 1.87. The first-order valence-corrected chi connectivity index (χ1v) is 6.75. The lowest BCUT2D eigenvalue weighted by Gasteiger charge is -2.23. The Balaban J connectivity index is 3.35. The largest absolute Gasteiger partial charge is 0.462 e. The second-order valence-corrected chi connectivity index (χ2v) is 4.95. The highest BCUT2D eigenvalue weighted by Gasteiger charge is 2.25. The summed E-state index contributed by atoms with van der Waals surface area (Å²) < 4.78 is 19.1. The maximum absolute atomic E-state index is 14.3. The maximum Gasteiger partial charge on any atom is 0.340 e. The van der Waals surface area contributed by atoms with E-state index >= 15 is 0 Å². The molecule has 0 saturated carbocycles. The molecule has 0 unspecified atom stereocenters. The summed E-state index contributed by atoms with van der Waals surface area (Å²) in [5, 5.41) is 10.8. The van der Waals surface area contributed by atoms with Crippen LogP contribution in [0, 0.1) is 15.9 Å². The number of benzene rings is 1. The lowest BCUT2D eigenvalue weighted by atomic mass is 10.1. The highest BCUT2D eigenvalue weighted by molar-refractivity contribution is 5.97. The van der Waals surface area contributed by atoms with E-state index in [1.54, 1.807) is 6.92 Å². The molecule has 0 spiro atoms. The number of nitro benzene ring substituents is 1. The molecule has 23 heavy (non-hydrogen) atoms. The van der Waals surface area contributed by atoms with Crippen molar-refractivity contribution in [3.63, 3.8) is 0 Å². The summed E-state index contributed by atoms with van der Waals surface area (Å²) in [4.78, 5) is 36.3. The van der Waals surface area contributed by atoms with Gasteiger partial charge < -0.3 is 14.5 Å². The third-order valence-corrected chi connectivity index (χ3v) is 3.01. The number of non-ortho nitro benzene ring substituents is 1. The van der Waals surface area contributed by atoms with E-state index in [0.717, 1.165) is 6.07 Å². The van der Waals surface area contributed by atoms with Crippen LogP contribution >= 0.6 is 0 Å². The molecule has 0 N–H and O–H groups in total. The van der Waals surface area contributed by atoms with E-state index in [0.29, 0.717) is 6.07 Å². The Labute approximate surface area is 132 Å². The summed E-state index contributed by atoms with van der Waals surface area (Å²) in [6.07, 6.45) is 0. The van der Waals surface area contributed by atoms with Crippen LogP contribution in [0.2, 0.25) is 0 Å². The Morgan fingerprint density at radius 2 is 1.91 bits per heavy atom. The molecular formula is C14H18FN3O5. The molecule has 0 saturated heterocycles. The number of anilines is 1. The van der Waals surface area contributed by atoms with Crippen molar-refractivity contribution in [1.82, 2.24) is 4.90 Å². The van der Waals surface area contributed by atoms with Crippen LogP contribution in [0.3, 0.4) is 0 Å². The van der Waals surface area contributed by atoms with E-state index in [1.807, 2.05) is 0 Å². The molecule has 0 atom stereocenters. The van der Waals surface area contributed by atoms with Crippen molar-refractivity contribution in [3.05, 3.63) is 33.6 Å². The second-order valence-electron chi connectivity index (χ2n) is 4.95. The van der Waals surface area contributed by atoms with Crippen molar-refractivity contribution in [2.45, 2.75) is 6.92 Å². The minimum absolute atomic E-state index is 0.0307.